The molecule has 0 aromatic heterocycles. The van der Waals surface area contributed by atoms with Gasteiger partial charge in [0.05, 0.1) is 38.5 Å². The summed E-state index contributed by atoms with van der Waals surface area (Å²) in [5.74, 6) is 0.450. The number of nitrogens with two attached hydrogens (primary N) is 1. The number of rotatable bonds is 6. The van der Waals surface area contributed by atoms with E-state index in [4.69, 9.17) is 19.9 Å². The van der Waals surface area contributed by atoms with Gasteiger partial charge in [0.1, 0.15) is 5.75 Å². The minimum absolute atomic E-state index is 0.115. The number of ether oxygens (including phenoxy) is 3. The van der Waals surface area contributed by atoms with Crippen LogP contribution in [0.5, 0.6) is 5.75 Å². The summed E-state index contributed by atoms with van der Waals surface area (Å²) >= 11 is 0. The summed E-state index contributed by atoms with van der Waals surface area (Å²) in [5.41, 5.74) is 6.84. The second-order valence-corrected chi connectivity index (χ2v) is 4.61. The molecule has 0 radical (unpaired) electrons. The normalized spacial score (nSPS) is 17.9. The Balaban J connectivity index is 1.80. The van der Waals surface area contributed by atoms with Crippen LogP contribution >= 0.6 is 0 Å². The summed E-state index contributed by atoms with van der Waals surface area (Å²) in [6.45, 7) is 1.73. The summed E-state index contributed by atoms with van der Waals surface area (Å²) in [7, 11) is 1.55. The van der Waals surface area contributed by atoms with Crippen molar-refractivity contribution in [2.45, 2.75) is 18.9 Å². The maximum Gasteiger partial charge on any atom is 0.226 e. The molecule has 0 bridgehead atoms. The number of hydrogen-bond donors (Lipinski definition) is 2. The zero-order chi connectivity index (χ0) is 14.4. The van der Waals surface area contributed by atoms with Crippen molar-refractivity contribution in [3.8, 4) is 5.75 Å². The van der Waals surface area contributed by atoms with Crippen molar-refractivity contribution >= 4 is 17.3 Å². The number of nitrogen functional groups attached to an aromatic ring is 1. The van der Waals surface area contributed by atoms with Gasteiger partial charge >= 0.3 is 0 Å². The van der Waals surface area contributed by atoms with Crippen molar-refractivity contribution in [3.05, 3.63) is 18.2 Å². The smallest absolute Gasteiger partial charge is 0.226 e. The molecule has 6 heteroatoms. The molecule has 6 nitrogen and oxygen atoms in total. The van der Waals surface area contributed by atoms with Crippen LogP contribution in [0.2, 0.25) is 0 Å². The van der Waals surface area contributed by atoms with Crippen LogP contribution in [0.25, 0.3) is 0 Å². The third-order valence-electron chi connectivity index (χ3n) is 3.07. The maximum absolute atomic E-state index is 11.8. The molecule has 3 N–H and O–H groups in total. The fraction of sp³-hybridized carbons (Fsp3) is 0.500. The molecular weight excluding hydrogens is 260 g/mol. The maximum atomic E-state index is 11.8. The van der Waals surface area contributed by atoms with Gasteiger partial charge in [0.15, 0.2) is 0 Å². The van der Waals surface area contributed by atoms with Crippen LogP contribution in [0, 0.1) is 0 Å². The van der Waals surface area contributed by atoms with Gasteiger partial charge in [0.2, 0.25) is 5.91 Å². The molecule has 1 heterocycles. The van der Waals surface area contributed by atoms with Crippen LogP contribution in [0.1, 0.15) is 12.8 Å². The highest BCUT2D eigenvalue weighted by atomic mass is 16.5. The Hall–Kier alpha value is -1.79. The lowest BCUT2D eigenvalue weighted by molar-refractivity contribution is -0.117. The molecule has 20 heavy (non-hydrogen) atoms. The van der Waals surface area contributed by atoms with E-state index >= 15 is 0 Å². The van der Waals surface area contributed by atoms with E-state index in [0.29, 0.717) is 30.3 Å². The van der Waals surface area contributed by atoms with E-state index in [1.54, 1.807) is 25.3 Å². The number of hydrogen-bond acceptors (Lipinski definition) is 5. The highest BCUT2D eigenvalue weighted by Gasteiger charge is 2.16. The van der Waals surface area contributed by atoms with Gasteiger partial charge in [0, 0.05) is 12.3 Å². The lowest BCUT2D eigenvalue weighted by atomic mass is 10.2. The molecule has 1 aliphatic rings. The van der Waals surface area contributed by atoms with E-state index in [1.807, 2.05) is 0 Å². The third kappa shape index (κ3) is 4.11. The van der Waals surface area contributed by atoms with Crippen LogP contribution in [-0.2, 0) is 14.3 Å². The molecule has 1 atom stereocenters. The second kappa shape index (κ2) is 7.12. The average Bonchev–Trinajstić information content (AvgIpc) is 2.92. The molecular formula is C14H20N2O4. The molecule has 0 aliphatic carbocycles. The number of carbonyl (C=O) groups is 1. The number of amides is 1. The molecule has 1 aromatic rings. The van der Waals surface area contributed by atoms with Crippen molar-refractivity contribution in [2.75, 3.05) is 38.0 Å². The first-order valence-corrected chi connectivity index (χ1v) is 6.61. The first-order chi connectivity index (χ1) is 9.69. The Bertz CT molecular complexity index is 458. The minimum atomic E-state index is -0.132. The lowest BCUT2D eigenvalue weighted by Gasteiger charge is -2.12. The van der Waals surface area contributed by atoms with Crippen LogP contribution < -0.4 is 15.8 Å². The average molecular weight is 280 g/mol. The van der Waals surface area contributed by atoms with E-state index < -0.39 is 0 Å². The van der Waals surface area contributed by atoms with Gasteiger partial charge in [-0.25, -0.2) is 0 Å². The number of carbonyl (C=O) groups excluding carboxylic acids is 1. The van der Waals surface area contributed by atoms with Crippen LogP contribution in [0.15, 0.2) is 18.2 Å². The highest BCUT2D eigenvalue weighted by molar-refractivity contribution is 5.92. The summed E-state index contributed by atoms with van der Waals surface area (Å²) in [6, 6.07) is 5.11. The first-order valence-electron chi connectivity index (χ1n) is 6.61. The van der Waals surface area contributed by atoms with E-state index in [-0.39, 0.29) is 18.4 Å². The van der Waals surface area contributed by atoms with Gasteiger partial charge in [-0.2, -0.15) is 0 Å². The lowest BCUT2D eigenvalue weighted by Crippen LogP contribution is -2.19. The monoisotopic (exact) mass is 280 g/mol. The standard InChI is InChI=1S/C14H20N2O4/c1-18-13-3-2-10(15)8-12(13)16-14(17)5-7-20-11-4-6-19-9-11/h2-3,8,11H,4-7,9,15H2,1H3,(H,16,17). The fourth-order valence-electron chi connectivity index (χ4n) is 2.00. The number of benzene rings is 1. The summed E-state index contributed by atoms with van der Waals surface area (Å²) in [5, 5.41) is 2.77. The van der Waals surface area contributed by atoms with Crippen molar-refractivity contribution in [1.82, 2.24) is 0 Å². The van der Waals surface area contributed by atoms with Gasteiger partial charge in [-0.15, -0.1) is 0 Å². The molecule has 110 valence electrons. The topological polar surface area (TPSA) is 82.8 Å². The molecule has 1 amide bonds. The van der Waals surface area contributed by atoms with Gasteiger partial charge in [0.25, 0.3) is 0 Å². The van der Waals surface area contributed by atoms with Crippen molar-refractivity contribution in [2.24, 2.45) is 0 Å². The van der Waals surface area contributed by atoms with Crippen LogP contribution in [-0.4, -0.2) is 38.9 Å². The van der Waals surface area contributed by atoms with Crippen molar-refractivity contribution in [1.29, 1.82) is 0 Å². The molecule has 2 rings (SSSR count). The van der Waals surface area contributed by atoms with E-state index in [9.17, 15) is 4.79 Å². The zero-order valence-corrected chi connectivity index (χ0v) is 11.6. The largest absolute Gasteiger partial charge is 0.495 e. The van der Waals surface area contributed by atoms with E-state index in [2.05, 4.69) is 5.32 Å². The van der Waals surface area contributed by atoms with E-state index in [1.165, 1.54) is 0 Å². The first kappa shape index (κ1) is 14.6. The molecule has 1 fully saturated rings. The predicted molar refractivity (Wildman–Crippen MR) is 75.8 cm³/mol. The van der Waals surface area contributed by atoms with Gasteiger partial charge < -0.3 is 25.3 Å². The fourth-order valence-corrected chi connectivity index (χ4v) is 2.00. The number of methoxy groups -OCH3 is 1. The van der Waals surface area contributed by atoms with E-state index in [0.717, 1.165) is 13.0 Å². The van der Waals surface area contributed by atoms with Crippen LogP contribution in [0.4, 0.5) is 11.4 Å². The Labute approximate surface area is 118 Å². The summed E-state index contributed by atoms with van der Waals surface area (Å²) < 4.78 is 15.9. The Morgan fingerprint density at radius 1 is 1.55 bits per heavy atom. The Kier molecular flexibility index (Phi) is 5.20. The highest BCUT2D eigenvalue weighted by Crippen LogP contribution is 2.26. The summed E-state index contributed by atoms with van der Waals surface area (Å²) in [4.78, 5) is 11.8. The zero-order valence-electron chi connectivity index (χ0n) is 11.6. The molecule has 1 aromatic carbocycles. The molecule has 1 saturated heterocycles. The minimum Gasteiger partial charge on any atom is -0.495 e. The molecule has 0 saturated carbocycles. The number of nitrogens with one attached hydrogen (secondary N) is 1. The third-order valence-corrected chi connectivity index (χ3v) is 3.07. The molecule has 1 aliphatic heterocycles. The summed E-state index contributed by atoms with van der Waals surface area (Å²) in [6.07, 6.45) is 1.30. The van der Waals surface area contributed by atoms with Gasteiger partial charge in [-0.05, 0) is 24.6 Å². The second-order valence-electron chi connectivity index (χ2n) is 4.61. The molecule has 0 spiro atoms. The quantitative estimate of drug-likeness (QED) is 0.770. The molecule has 1 unspecified atom stereocenters. The van der Waals surface area contributed by atoms with Gasteiger partial charge in [-0.3, -0.25) is 4.79 Å². The SMILES string of the molecule is COc1ccc(N)cc1NC(=O)CCOC1CCOC1. The Morgan fingerprint density at radius 3 is 3.10 bits per heavy atom. The van der Waals surface area contributed by atoms with Gasteiger partial charge in [-0.1, -0.05) is 0 Å². The van der Waals surface area contributed by atoms with Crippen molar-refractivity contribution < 1.29 is 19.0 Å². The van der Waals surface area contributed by atoms with Crippen LogP contribution in [0.3, 0.4) is 0 Å². The predicted octanol–water partition coefficient (Wildman–Crippen LogP) is 1.41. The Morgan fingerprint density at radius 2 is 2.40 bits per heavy atom. The van der Waals surface area contributed by atoms with Crippen molar-refractivity contribution in [3.63, 3.8) is 0 Å². The number of anilines is 2.